The van der Waals surface area contributed by atoms with Gasteiger partial charge in [0.25, 0.3) is 0 Å². The Bertz CT molecular complexity index is 2060. The van der Waals surface area contributed by atoms with E-state index < -0.39 is 0 Å². The summed E-state index contributed by atoms with van der Waals surface area (Å²) in [6.45, 7) is 20.2. The first-order chi connectivity index (χ1) is 23.4. The van der Waals surface area contributed by atoms with E-state index in [0.29, 0.717) is 23.7 Å². The molecule has 250 valence electrons. The van der Waals surface area contributed by atoms with Crippen molar-refractivity contribution in [1.29, 1.82) is 0 Å². The third-order valence-corrected chi connectivity index (χ3v) is 9.61. The van der Waals surface area contributed by atoms with Gasteiger partial charge in [-0.15, -0.1) is 0 Å². The van der Waals surface area contributed by atoms with Crippen molar-refractivity contribution in [1.82, 2.24) is 14.5 Å². The number of aryl methyl sites for hydroxylation is 1. The number of pyridine rings is 1. The summed E-state index contributed by atoms with van der Waals surface area (Å²) in [4.78, 5) is 10.3. The number of rotatable bonds is 9. The van der Waals surface area contributed by atoms with Crippen LogP contribution in [0.2, 0.25) is 0 Å². The Labute approximate surface area is 292 Å². The van der Waals surface area contributed by atoms with Crippen LogP contribution < -0.4 is 0 Å². The average molecular weight is 648 g/mol. The van der Waals surface area contributed by atoms with Gasteiger partial charge in [-0.2, -0.15) is 0 Å². The van der Waals surface area contributed by atoms with Gasteiger partial charge >= 0.3 is 0 Å². The molecule has 0 fully saturated rings. The highest BCUT2D eigenvalue weighted by Crippen LogP contribution is 2.41. The van der Waals surface area contributed by atoms with Crippen LogP contribution in [0.15, 0.2) is 103 Å². The molecule has 0 aliphatic rings. The van der Waals surface area contributed by atoms with Crippen LogP contribution in [0, 0.1) is 6.92 Å². The number of para-hydroxylation sites is 2. The SMILES string of the molecule is Cc1cc(-c2ccccc2O)nc(-c2cccc(-c3nccn3-c3c(C(C)C)cccc3C(C)C)c2)c1-c1cc(C(C)C)cc(C(C)C)c1. The second kappa shape index (κ2) is 13.9. The predicted octanol–water partition coefficient (Wildman–Crippen LogP) is 12.4. The second-order valence-corrected chi connectivity index (χ2v) is 14.6. The summed E-state index contributed by atoms with van der Waals surface area (Å²) in [5.74, 6) is 2.62. The van der Waals surface area contributed by atoms with E-state index in [4.69, 9.17) is 9.97 Å². The number of aromatic nitrogens is 3. The first kappa shape index (κ1) is 33.9. The smallest absolute Gasteiger partial charge is 0.144 e. The van der Waals surface area contributed by atoms with Crippen LogP contribution in [0.4, 0.5) is 0 Å². The van der Waals surface area contributed by atoms with E-state index in [1.54, 1.807) is 6.07 Å². The number of hydrogen-bond donors (Lipinski definition) is 1. The van der Waals surface area contributed by atoms with Crippen LogP contribution in [0.1, 0.15) is 107 Å². The highest BCUT2D eigenvalue weighted by molar-refractivity contribution is 5.87. The van der Waals surface area contributed by atoms with Gasteiger partial charge in [0.15, 0.2) is 0 Å². The summed E-state index contributed by atoms with van der Waals surface area (Å²) in [5, 5.41) is 10.9. The lowest BCUT2D eigenvalue weighted by Gasteiger charge is -2.22. The summed E-state index contributed by atoms with van der Waals surface area (Å²) < 4.78 is 2.27. The lowest BCUT2D eigenvalue weighted by atomic mass is 9.87. The first-order valence-electron chi connectivity index (χ1n) is 17.7. The highest BCUT2D eigenvalue weighted by Gasteiger charge is 2.22. The topological polar surface area (TPSA) is 50.9 Å². The molecule has 4 aromatic carbocycles. The molecule has 0 radical (unpaired) electrons. The molecule has 0 saturated carbocycles. The maximum Gasteiger partial charge on any atom is 0.144 e. The third-order valence-electron chi connectivity index (χ3n) is 9.61. The number of hydrogen-bond acceptors (Lipinski definition) is 3. The standard InChI is InChI=1S/C45H49N3O/c1-27(2)34-24-35(28(3)4)26-36(25-34)42-31(9)22-40(39-16-10-11-19-41(39)49)47-43(42)32-14-12-15-33(23-32)45-46-20-21-48(45)44-37(29(5)6)17-13-18-38(44)30(7)8/h10-30,49H,1-9H3. The van der Waals surface area contributed by atoms with Crippen molar-refractivity contribution in [3.05, 3.63) is 131 Å². The average Bonchev–Trinajstić information content (AvgIpc) is 3.57. The summed E-state index contributed by atoms with van der Waals surface area (Å²) in [6.07, 6.45) is 3.99. The van der Waals surface area contributed by atoms with E-state index in [1.807, 2.05) is 24.4 Å². The molecule has 6 rings (SSSR count). The van der Waals surface area contributed by atoms with Crippen molar-refractivity contribution in [2.45, 2.75) is 86.0 Å². The minimum absolute atomic E-state index is 0.220. The molecule has 0 amide bonds. The van der Waals surface area contributed by atoms with Crippen LogP contribution in [-0.2, 0) is 0 Å². The molecular formula is C45H49N3O. The van der Waals surface area contributed by atoms with Crippen molar-refractivity contribution in [3.8, 4) is 56.5 Å². The van der Waals surface area contributed by atoms with Crippen LogP contribution >= 0.6 is 0 Å². The van der Waals surface area contributed by atoms with E-state index in [2.05, 4.69) is 140 Å². The van der Waals surface area contributed by atoms with Gasteiger partial charge in [-0.3, -0.25) is 4.57 Å². The van der Waals surface area contributed by atoms with Crippen molar-refractivity contribution in [2.24, 2.45) is 0 Å². The fourth-order valence-electron chi connectivity index (χ4n) is 6.85. The Morgan fingerprint density at radius 1 is 0.612 bits per heavy atom. The van der Waals surface area contributed by atoms with Crippen LogP contribution in [0.5, 0.6) is 5.75 Å². The lowest BCUT2D eigenvalue weighted by molar-refractivity contribution is 0.477. The molecule has 0 spiro atoms. The Kier molecular flexibility index (Phi) is 9.61. The molecule has 6 aromatic rings. The fraction of sp³-hybridized carbons (Fsp3) is 0.289. The zero-order valence-electron chi connectivity index (χ0n) is 30.4. The molecule has 0 bridgehead atoms. The first-order valence-corrected chi connectivity index (χ1v) is 17.7. The van der Waals surface area contributed by atoms with Crippen LogP contribution in [0.25, 0.3) is 50.7 Å². The van der Waals surface area contributed by atoms with Gasteiger partial charge in [-0.1, -0.05) is 122 Å². The van der Waals surface area contributed by atoms with Gasteiger partial charge in [0, 0.05) is 34.6 Å². The number of phenols is 1. The van der Waals surface area contributed by atoms with E-state index in [1.165, 1.54) is 27.9 Å². The summed E-state index contributed by atoms with van der Waals surface area (Å²) >= 11 is 0. The third kappa shape index (κ3) is 6.70. The van der Waals surface area contributed by atoms with Crippen molar-refractivity contribution in [3.63, 3.8) is 0 Å². The van der Waals surface area contributed by atoms with E-state index in [-0.39, 0.29) is 5.75 Å². The quantitative estimate of drug-likeness (QED) is 0.170. The zero-order valence-corrected chi connectivity index (χ0v) is 30.4. The van der Waals surface area contributed by atoms with Gasteiger partial charge in [0.05, 0.1) is 17.1 Å². The Hall–Kier alpha value is -4.96. The van der Waals surface area contributed by atoms with Gasteiger partial charge in [0.1, 0.15) is 11.6 Å². The van der Waals surface area contributed by atoms with Crippen LogP contribution in [-0.4, -0.2) is 19.6 Å². The van der Waals surface area contributed by atoms with Gasteiger partial charge in [0.2, 0.25) is 0 Å². The molecule has 4 heteroatoms. The Balaban J connectivity index is 1.60. The number of nitrogens with zero attached hydrogens (tertiary/aromatic N) is 3. The van der Waals surface area contributed by atoms with Crippen molar-refractivity contribution >= 4 is 0 Å². The second-order valence-electron chi connectivity index (χ2n) is 14.6. The molecule has 4 nitrogen and oxygen atoms in total. The van der Waals surface area contributed by atoms with Crippen LogP contribution in [0.3, 0.4) is 0 Å². The minimum atomic E-state index is 0.220. The summed E-state index contributed by atoms with van der Waals surface area (Å²) in [7, 11) is 0. The molecule has 1 N–H and O–H groups in total. The van der Waals surface area contributed by atoms with Crippen molar-refractivity contribution < 1.29 is 5.11 Å². The molecule has 2 heterocycles. The Morgan fingerprint density at radius 3 is 1.84 bits per heavy atom. The normalized spacial score (nSPS) is 11.8. The van der Waals surface area contributed by atoms with E-state index in [0.717, 1.165) is 50.6 Å². The monoisotopic (exact) mass is 647 g/mol. The maximum absolute atomic E-state index is 10.9. The zero-order chi connectivity index (χ0) is 35.0. The number of imidazole rings is 1. The number of phenolic OH excluding ortho intramolecular Hbond substituents is 1. The predicted molar refractivity (Wildman–Crippen MR) is 206 cm³/mol. The Morgan fingerprint density at radius 2 is 1.22 bits per heavy atom. The summed E-state index contributed by atoms with van der Waals surface area (Å²) in [6, 6.07) is 31.9. The molecule has 0 saturated heterocycles. The molecule has 0 unspecified atom stereocenters. The maximum atomic E-state index is 10.9. The minimum Gasteiger partial charge on any atom is -0.507 e. The largest absolute Gasteiger partial charge is 0.507 e. The van der Waals surface area contributed by atoms with Crippen molar-refractivity contribution in [2.75, 3.05) is 0 Å². The van der Waals surface area contributed by atoms with E-state index >= 15 is 0 Å². The van der Waals surface area contributed by atoms with Gasteiger partial charge in [-0.05, 0) is 88.2 Å². The van der Waals surface area contributed by atoms with Gasteiger partial charge in [-0.25, -0.2) is 9.97 Å². The molecule has 0 aliphatic heterocycles. The number of benzene rings is 4. The molecule has 0 aliphatic carbocycles. The fourth-order valence-corrected chi connectivity index (χ4v) is 6.85. The number of aromatic hydroxyl groups is 1. The van der Waals surface area contributed by atoms with E-state index in [9.17, 15) is 5.11 Å². The highest BCUT2D eigenvalue weighted by atomic mass is 16.3. The molecular weight excluding hydrogens is 599 g/mol. The molecule has 49 heavy (non-hydrogen) atoms. The molecule has 2 aromatic heterocycles. The lowest BCUT2D eigenvalue weighted by Crippen LogP contribution is -2.07. The van der Waals surface area contributed by atoms with Gasteiger partial charge < -0.3 is 5.11 Å². The summed E-state index contributed by atoms with van der Waals surface area (Å²) in [5.41, 5.74) is 14.2. The molecule has 0 atom stereocenters.